The maximum Gasteiger partial charge on any atom is 0.142 e. The van der Waals surface area contributed by atoms with Gasteiger partial charge in [0.05, 0.1) is 19.4 Å². The predicted octanol–water partition coefficient (Wildman–Crippen LogP) is 9.28. The van der Waals surface area contributed by atoms with E-state index in [1.807, 2.05) is 49.5 Å². The van der Waals surface area contributed by atoms with E-state index in [0.29, 0.717) is 16.8 Å². The zero-order chi connectivity index (χ0) is 31.6. The van der Waals surface area contributed by atoms with Gasteiger partial charge in [-0.05, 0) is 47.3 Å². The Balaban J connectivity index is 0.000000200. The number of rotatable bonds is 5. The number of halogens is 1. The second-order valence-electron chi connectivity index (χ2n) is 12.3. The van der Waals surface area contributed by atoms with Crippen LogP contribution in [0.25, 0.3) is 44.5 Å². The quantitative estimate of drug-likeness (QED) is 0.129. The Hall–Kier alpha value is -4.29. The van der Waals surface area contributed by atoms with Crippen molar-refractivity contribution >= 4 is 35.2 Å². The first-order chi connectivity index (χ1) is 21.7. The third kappa shape index (κ3) is 7.39. The largest absolute Gasteiger partial charge is 0.499 e. The molecule has 4 aromatic heterocycles. The second kappa shape index (κ2) is 14.0. The minimum absolute atomic E-state index is 0. The van der Waals surface area contributed by atoms with Crippen molar-refractivity contribution in [1.29, 1.82) is 0 Å². The molecule has 0 bridgehead atoms. The van der Waals surface area contributed by atoms with Crippen molar-refractivity contribution in [2.75, 3.05) is 0 Å². The van der Waals surface area contributed by atoms with Gasteiger partial charge in [-0.3, -0.25) is 4.98 Å². The minimum atomic E-state index is -1.24. The van der Waals surface area contributed by atoms with Crippen LogP contribution >= 0.6 is 0 Å². The molecule has 0 aliphatic carbocycles. The molecule has 0 atom stereocenters. The molecule has 7 rings (SSSR count). The summed E-state index contributed by atoms with van der Waals surface area (Å²) in [5.41, 5.74) is 8.87. The molecule has 0 fully saturated rings. The van der Waals surface area contributed by atoms with Gasteiger partial charge in [-0.1, -0.05) is 80.0 Å². The van der Waals surface area contributed by atoms with Crippen molar-refractivity contribution in [2.45, 2.75) is 39.9 Å². The summed E-state index contributed by atoms with van der Waals surface area (Å²) >= 11 is 0. The van der Waals surface area contributed by atoms with E-state index in [1.54, 1.807) is 0 Å². The summed E-state index contributed by atoms with van der Waals surface area (Å²) in [6.45, 7) is 11.0. The van der Waals surface area contributed by atoms with Crippen LogP contribution in [0.2, 0.25) is 19.6 Å². The third-order valence-corrected chi connectivity index (χ3v) is 9.75. The van der Waals surface area contributed by atoms with E-state index >= 15 is 0 Å². The van der Waals surface area contributed by atoms with Crippen LogP contribution in [0.3, 0.4) is 0 Å². The van der Waals surface area contributed by atoms with Gasteiger partial charge in [0.25, 0.3) is 0 Å². The molecule has 233 valence electrons. The summed E-state index contributed by atoms with van der Waals surface area (Å²) in [6, 6.07) is 35.7. The maximum absolute atomic E-state index is 13.7. The van der Waals surface area contributed by atoms with E-state index in [4.69, 9.17) is 9.40 Å². The van der Waals surface area contributed by atoms with Crippen LogP contribution in [0, 0.1) is 31.8 Å². The predicted molar refractivity (Wildman–Crippen MR) is 184 cm³/mol. The number of aromatic nitrogens is 3. The Morgan fingerprint density at radius 1 is 0.804 bits per heavy atom. The summed E-state index contributed by atoms with van der Waals surface area (Å²) in [5, 5.41) is 3.35. The fraction of sp³-hybridized carbons (Fsp3) is 0.154. The zero-order valence-corrected chi connectivity index (χ0v) is 29.9. The normalized spacial score (nSPS) is 11.2. The first-order valence-corrected chi connectivity index (χ1v) is 18.5. The number of furan rings is 1. The Morgan fingerprint density at radius 3 is 2.28 bits per heavy atom. The topological polar surface area (TPSA) is 51.8 Å². The van der Waals surface area contributed by atoms with E-state index in [-0.39, 0.29) is 25.9 Å². The molecule has 7 heteroatoms. The summed E-state index contributed by atoms with van der Waals surface area (Å²) in [7, 11) is -1.24. The molecule has 0 aliphatic heterocycles. The first kappa shape index (κ1) is 33.1. The molecule has 0 spiro atoms. The van der Waals surface area contributed by atoms with Crippen LogP contribution < -0.4 is 5.19 Å². The summed E-state index contributed by atoms with van der Waals surface area (Å²) in [6.07, 6.45) is 4.22. The van der Waals surface area contributed by atoms with Crippen molar-refractivity contribution < 1.29 is 28.9 Å². The van der Waals surface area contributed by atoms with Crippen molar-refractivity contribution in [3.8, 4) is 22.5 Å². The molecule has 4 nitrogen and oxygen atoms in total. The third-order valence-electron chi connectivity index (χ3n) is 7.72. The fourth-order valence-corrected chi connectivity index (χ4v) is 6.28. The second-order valence-corrected chi connectivity index (χ2v) is 17.3. The van der Waals surface area contributed by atoms with Gasteiger partial charge >= 0.3 is 0 Å². The molecule has 0 N–H and O–H groups in total. The molecular formula is C39H34FIrN3OSi-2. The summed E-state index contributed by atoms with van der Waals surface area (Å²) in [5.74, 6) is -0.338. The van der Waals surface area contributed by atoms with E-state index in [1.165, 1.54) is 34.6 Å². The molecular weight excluding hydrogens is 766 g/mol. The van der Waals surface area contributed by atoms with Crippen molar-refractivity contribution in [3.05, 3.63) is 144 Å². The molecule has 7 aromatic rings. The molecule has 1 radical (unpaired) electrons. The number of aryl methyl sites for hydroxylation is 2. The molecule has 0 saturated carbocycles. The Morgan fingerprint density at radius 2 is 1.61 bits per heavy atom. The van der Waals surface area contributed by atoms with E-state index in [2.05, 4.69) is 91.1 Å². The zero-order valence-electron chi connectivity index (χ0n) is 26.5. The SMILES string of the molecule is Cc1c[c-]c(-c2ccc([Si](C)(C)C)cn2)cc1.Cc1nc(Cc2ccccc2)cc2c1oc1c(-c3cc(F)ccn3)[c-]ccc12.[Ir]. The average Bonchev–Trinajstić information content (AvgIpc) is 3.41. The Labute approximate surface area is 284 Å². The molecule has 0 saturated heterocycles. The van der Waals surface area contributed by atoms with Crippen molar-refractivity contribution in [1.82, 2.24) is 15.0 Å². The standard InChI is InChI=1S/C24H16FN2O.C15H18NSi.Ir/c1-15-23-21(14-18(27-15)12-16-6-3-2-4-7-16)19-8-5-9-20(24(19)28-23)22-13-17(25)10-11-26-22;1-12-5-7-13(8-6-12)15-10-9-14(11-16-15)17(2,3)4;/h2-8,10-11,13-14H,12H2,1H3;5-7,9-11H,1-4H3;/q2*-1;. The van der Waals surface area contributed by atoms with Gasteiger partial charge in [0.15, 0.2) is 0 Å². The number of hydrogen-bond donors (Lipinski definition) is 0. The Kier molecular flexibility index (Phi) is 10.1. The minimum Gasteiger partial charge on any atom is -0.499 e. The van der Waals surface area contributed by atoms with Gasteiger partial charge in [0.2, 0.25) is 0 Å². The molecule has 0 aliphatic rings. The van der Waals surface area contributed by atoms with Crippen LogP contribution in [0.15, 0.2) is 108 Å². The van der Waals surface area contributed by atoms with Gasteiger partial charge in [-0.25, -0.2) is 4.39 Å². The molecule has 3 aromatic carbocycles. The van der Waals surface area contributed by atoms with Crippen LogP contribution in [0.5, 0.6) is 0 Å². The van der Waals surface area contributed by atoms with Crippen molar-refractivity contribution in [2.24, 2.45) is 0 Å². The van der Waals surface area contributed by atoms with Crippen LogP contribution in [0.1, 0.15) is 22.5 Å². The van der Waals surface area contributed by atoms with Gasteiger partial charge in [0.1, 0.15) is 11.4 Å². The summed E-state index contributed by atoms with van der Waals surface area (Å²) in [4.78, 5) is 13.6. The summed E-state index contributed by atoms with van der Waals surface area (Å²) < 4.78 is 19.8. The van der Waals surface area contributed by atoms with Gasteiger partial charge < -0.3 is 14.4 Å². The number of fused-ring (bicyclic) bond motifs is 3. The number of hydrogen-bond acceptors (Lipinski definition) is 4. The van der Waals surface area contributed by atoms with Crippen LogP contribution in [0.4, 0.5) is 4.39 Å². The maximum atomic E-state index is 13.7. The smallest absolute Gasteiger partial charge is 0.142 e. The van der Waals surface area contributed by atoms with E-state index in [0.717, 1.165) is 45.4 Å². The van der Waals surface area contributed by atoms with E-state index < -0.39 is 8.07 Å². The fourth-order valence-electron chi connectivity index (χ4n) is 5.24. The Bertz CT molecular complexity index is 2090. The number of nitrogens with zero attached hydrogens (tertiary/aromatic N) is 3. The van der Waals surface area contributed by atoms with Crippen molar-refractivity contribution in [3.63, 3.8) is 0 Å². The average molecular weight is 800 g/mol. The number of benzene rings is 3. The van der Waals surface area contributed by atoms with Crippen LogP contribution in [-0.4, -0.2) is 23.0 Å². The van der Waals surface area contributed by atoms with Gasteiger partial charge in [0, 0.05) is 50.0 Å². The molecule has 46 heavy (non-hydrogen) atoms. The van der Waals surface area contributed by atoms with E-state index in [9.17, 15) is 4.39 Å². The van der Waals surface area contributed by atoms with Gasteiger partial charge in [-0.15, -0.1) is 53.6 Å². The number of pyridine rings is 3. The first-order valence-electron chi connectivity index (χ1n) is 15.0. The molecule has 4 heterocycles. The van der Waals surface area contributed by atoms with Crippen LogP contribution in [-0.2, 0) is 26.5 Å². The van der Waals surface area contributed by atoms with Gasteiger partial charge in [-0.2, -0.15) is 0 Å². The monoisotopic (exact) mass is 800 g/mol. The molecule has 0 unspecified atom stereocenters. The molecule has 0 amide bonds.